The highest BCUT2D eigenvalue weighted by Gasteiger charge is 1.90. The number of hydrogen-bond acceptors (Lipinski definition) is 1. The van der Waals surface area contributed by atoms with Gasteiger partial charge in [-0.3, -0.25) is 4.79 Å². The first-order valence-electron chi connectivity index (χ1n) is 9.24. The van der Waals surface area contributed by atoms with Crippen molar-refractivity contribution in [2.75, 3.05) is 0 Å². The number of carbonyl (C=O) groups is 1. The van der Waals surface area contributed by atoms with Crippen LogP contribution in [0.4, 0.5) is 0 Å². The molecule has 2 nitrogen and oxygen atoms in total. The Balaban J connectivity index is 3.46. The first kappa shape index (κ1) is 22.2. The maximum absolute atomic E-state index is 10.3. The Morgan fingerprint density at radius 2 is 1.08 bits per heavy atom. The lowest BCUT2D eigenvalue weighted by Crippen LogP contribution is -1.91. The van der Waals surface area contributed by atoms with Crippen LogP contribution < -0.4 is 0 Å². The smallest absolute Gasteiger partial charge is 0.303 e. The molecule has 2 heteroatoms. The fourth-order valence-electron chi connectivity index (χ4n) is 2.04. The van der Waals surface area contributed by atoms with Crippen molar-refractivity contribution in [3.05, 3.63) is 60.8 Å². The Morgan fingerprint density at radius 3 is 1.50 bits per heavy atom. The Bertz CT molecular complexity index is 425. The molecule has 0 aromatic rings. The molecule has 0 amide bonds. The predicted octanol–water partition coefficient (Wildman–Crippen LogP) is 6.77. The molecule has 0 aliphatic rings. The van der Waals surface area contributed by atoms with Crippen LogP contribution in [0.15, 0.2) is 60.8 Å². The summed E-state index contributed by atoms with van der Waals surface area (Å²) in [6, 6.07) is 0. The van der Waals surface area contributed by atoms with E-state index < -0.39 is 5.97 Å². The van der Waals surface area contributed by atoms with Gasteiger partial charge in [-0.05, 0) is 44.9 Å². The molecule has 0 bridgehead atoms. The van der Waals surface area contributed by atoms with E-state index >= 15 is 0 Å². The molecule has 0 aromatic carbocycles. The number of hydrogen-bond donors (Lipinski definition) is 1. The number of aliphatic carboxylic acids is 1. The number of carboxylic acids is 1. The molecular weight excluding hydrogens is 296 g/mol. The third kappa shape index (κ3) is 20.2. The lowest BCUT2D eigenvalue weighted by Gasteiger charge is -1.90. The Kier molecular flexibility index (Phi) is 17.8. The van der Waals surface area contributed by atoms with Gasteiger partial charge >= 0.3 is 5.97 Å². The molecule has 0 spiro atoms. The van der Waals surface area contributed by atoms with Gasteiger partial charge < -0.3 is 5.11 Å². The van der Waals surface area contributed by atoms with Crippen LogP contribution in [0, 0.1) is 0 Å². The molecule has 0 aliphatic heterocycles. The summed E-state index contributed by atoms with van der Waals surface area (Å²) >= 11 is 0. The minimum absolute atomic E-state index is 0.213. The summed E-state index contributed by atoms with van der Waals surface area (Å²) in [5.41, 5.74) is 0. The van der Waals surface area contributed by atoms with Crippen LogP contribution in [0.5, 0.6) is 0 Å². The maximum Gasteiger partial charge on any atom is 0.303 e. The van der Waals surface area contributed by atoms with Crippen molar-refractivity contribution in [2.24, 2.45) is 0 Å². The second-order valence-electron chi connectivity index (χ2n) is 5.73. The highest BCUT2D eigenvalue weighted by Crippen LogP contribution is 2.01. The van der Waals surface area contributed by atoms with E-state index in [1.54, 1.807) is 0 Å². The molecule has 0 rings (SSSR count). The van der Waals surface area contributed by atoms with Crippen LogP contribution in [0.2, 0.25) is 0 Å². The number of allylic oxidation sites excluding steroid dienone is 10. The molecule has 134 valence electrons. The van der Waals surface area contributed by atoms with Gasteiger partial charge in [0.25, 0.3) is 0 Å². The minimum Gasteiger partial charge on any atom is -0.481 e. The van der Waals surface area contributed by atoms with Crippen molar-refractivity contribution in [3.8, 4) is 0 Å². The van der Waals surface area contributed by atoms with Crippen molar-refractivity contribution in [3.63, 3.8) is 0 Å². The van der Waals surface area contributed by atoms with Crippen LogP contribution in [0.1, 0.15) is 71.1 Å². The van der Waals surface area contributed by atoms with Gasteiger partial charge in [-0.25, -0.2) is 0 Å². The molecule has 0 aliphatic carbocycles. The largest absolute Gasteiger partial charge is 0.481 e. The third-order valence-corrected chi connectivity index (χ3v) is 3.42. The van der Waals surface area contributed by atoms with Crippen LogP contribution >= 0.6 is 0 Å². The van der Waals surface area contributed by atoms with E-state index in [4.69, 9.17) is 5.11 Å². The molecule has 0 saturated carbocycles. The van der Waals surface area contributed by atoms with E-state index in [0.717, 1.165) is 25.7 Å². The van der Waals surface area contributed by atoms with Crippen molar-refractivity contribution >= 4 is 5.97 Å². The SMILES string of the molecule is CCCCC/C=C\C/C=C\C/C=C\C/C=C\C/C=C\CCC(=O)O. The van der Waals surface area contributed by atoms with E-state index in [9.17, 15) is 4.79 Å². The average molecular weight is 331 g/mol. The second kappa shape index (κ2) is 19.2. The first-order valence-corrected chi connectivity index (χ1v) is 9.24. The predicted molar refractivity (Wildman–Crippen MR) is 105 cm³/mol. The summed E-state index contributed by atoms with van der Waals surface area (Å²) in [5.74, 6) is -0.739. The molecule has 0 fully saturated rings. The van der Waals surface area contributed by atoms with Gasteiger partial charge in [0.05, 0.1) is 0 Å². The lowest BCUT2D eigenvalue weighted by molar-refractivity contribution is -0.136. The Hall–Kier alpha value is -1.83. The summed E-state index contributed by atoms with van der Waals surface area (Å²) < 4.78 is 0. The van der Waals surface area contributed by atoms with E-state index in [1.807, 2.05) is 12.2 Å². The zero-order chi connectivity index (χ0) is 17.7. The average Bonchev–Trinajstić information content (AvgIpc) is 2.56. The number of rotatable bonds is 15. The van der Waals surface area contributed by atoms with Gasteiger partial charge in [0.1, 0.15) is 0 Å². The molecule has 0 saturated heterocycles. The number of carboxylic acid groups (broad SMARTS) is 1. The molecule has 1 N–H and O–H groups in total. The van der Waals surface area contributed by atoms with Crippen molar-refractivity contribution in [2.45, 2.75) is 71.1 Å². The highest BCUT2D eigenvalue weighted by atomic mass is 16.4. The zero-order valence-corrected chi connectivity index (χ0v) is 15.2. The quantitative estimate of drug-likeness (QED) is 0.265. The fourth-order valence-corrected chi connectivity index (χ4v) is 2.04. The van der Waals surface area contributed by atoms with Gasteiger partial charge in [0.2, 0.25) is 0 Å². The molecular formula is C22H34O2. The van der Waals surface area contributed by atoms with Crippen LogP contribution in [-0.4, -0.2) is 11.1 Å². The molecule has 0 radical (unpaired) electrons. The lowest BCUT2D eigenvalue weighted by atomic mass is 10.2. The van der Waals surface area contributed by atoms with Gasteiger partial charge in [-0.2, -0.15) is 0 Å². The van der Waals surface area contributed by atoms with Crippen LogP contribution in [-0.2, 0) is 4.79 Å². The van der Waals surface area contributed by atoms with Gasteiger partial charge in [0, 0.05) is 6.42 Å². The molecule has 0 atom stereocenters. The topological polar surface area (TPSA) is 37.3 Å². The normalized spacial score (nSPS) is 12.7. The second-order valence-corrected chi connectivity index (χ2v) is 5.73. The summed E-state index contributed by atoms with van der Waals surface area (Å²) in [4.78, 5) is 10.3. The van der Waals surface area contributed by atoms with Crippen molar-refractivity contribution in [1.82, 2.24) is 0 Å². The number of unbranched alkanes of at least 4 members (excludes halogenated alkanes) is 3. The highest BCUT2D eigenvalue weighted by molar-refractivity contribution is 5.66. The van der Waals surface area contributed by atoms with E-state index in [1.165, 1.54) is 25.7 Å². The van der Waals surface area contributed by atoms with Gasteiger partial charge in [-0.1, -0.05) is 80.5 Å². The van der Waals surface area contributed by atoms with Crippen molar-refractivity contribution < 1.29 is 9.90 Å². The minimum atomic E-state index is -0.739. The maximum atomic E-state index is 10.3. The zero-order valence-electron chi connectivity index (χ0n) is 15.2. The van der Waals surface area contributed by atoms with E-state index in [-0.39, 0.29) is 6.42 Å². The molecule has 0 aromatic heterocycles. The third-order valence-electron chi connectivity index (χ3n) is 3.42. The summed E-state index contributed by atoms with van der Waals surface area (Å²) in [7, 11) is 0. The summed E-state index contributed by atoms with van der Waals surface area (Å²) in [6.07, 6.45) is 31.4. The van der Waals surface area contributed by atoms with Crippen LogP contribution in [0.3, 0.4) is 0 Å². The fraction of sp³-hybridized carbons (Fsp3) is 0.500. The van der Waals surface area contributed by atoms with Gasteiger partial charge in [0.15, 0.2) is 0 Å². The van der Waals surface area contributed by atoms with Gasteiger partial charge in [-0.15, -0.1) is 0 Å². The Labute approximate surface area is 148 Å². The summed E-state index contributed by atoms with van der Waals surface area (Å²) in [5, 5.41) is 8.49. The summed E-state index contributed by atoms with van der Waals surface area (Å²) in [6.45, 7) is 2.23. The first-order chi connectivity index (χ1) is 11.8. The molecule has 0 heterocycles. The molecule has 24 heavy (non-hydrogen) atoms. The van der Waals surface area contributed by atoms with E-state index in [2.05, 4.69) is 55.5 Å². The standard InChI is InChI=1S/C22H34O2/c1-2-3-4-5-6-7-8-9-10-11-12-13-14-15-16-17-18-19-20-21-22(23)24/h6-7,9-10,12-13,15-16,18-19H,2-5,8,11,14,17,20-21H2,1H3,(H,23,24)/b7-6-,10-9-,13-12-,16-15-,19-18-. The molecule has 0 unspecified atom stereocenters. The van der Waals surface area contributed by atoms with Crippen LogP contribution in [0.25, 0.3) is 0 Å². The van der Waals surface area contributed by atoms with E-state index in [0.29, 0.717) is 6.42 Å². The van der Waals surface area contributed by atoms with Crippen molar-refractivity contribution in [1.29, 1.82) is 0 Å². The monoisotopic (exact) mass is 330 g/mol. The Morgan fingerprint density at radius 1 is 0.667 bits per heavy atom.